The summed E-state index contributed by atoms with van der Waals surface area (Å²) >= 11 is 6.81. The summed E-state index contributed by atoms with van der Waals surface area (Å²) in [5, 5.41) is 2.74. The Labute approximate surface area is 152 Å². The van der Waals surface area contributed by atoms with Gasteiger partial charge in [0.2, 0.25) is 0 Å². The molecule has 0 heterocycles. The van der Waals surface area contributed by atoms with Crippen LogP contribution in [0.5, 0.6) is 5.75 Å². The number of alkyl carbamates (subject to hydrolysis) is 1. The van der Waals surface area contributed by atoms with E-state index < -0.39 is 6.09 Å². The van der Waals surface area contributed by atoms with Gasteiger partial charge in [-0.1, -0.05) is 62.2 Å². The van der Waals surface area contributed by atoms with Crippen LogP contribution >= 0.6 is 31.9 Å². The molecule has 122 valence electrons. The monoisotopic (exact) mass is 441 g/mol. The molecule has 0 aliphatic heterocycles. The number of hydrogen-bond donors (Lipinski definition) is 1. The summed E-state index contributed by atoms with van der Waals surface area (Å²) in [5.41, 5.74) is 0.950. The molecule has 0 fully saturated rings. The third-order valence-corrected chi connectivity index (χ3v) is 3.83. The summed E-state index contributed by atoms with van der Waals surface area (Å²) in [5.74, 6) is 0.720. The van der Waals surface area contributed by atoms with Crippen molar-refractivity contribution in [2.75, 3.05) is 6.61 Å². The number of carbonyl (C=O) groups excluding carboxylic acids is 1. The third-order valence-electron chi connectivity index (χ3n) is 2.91. The standard InChI is InChI=1S/C17H17Br2NO3/c1-12(10-22-16-8-14(18)7-15(19)9-16)20-17(21)23-11-13-5-3-2-4-6-13/h2-9,12H,10-11H2,1H3,(H,20,21)/t12-/m0/s1. The van der Waals surface area contributed by atoms with E-state index >= 15 is 0 Å². The Balaban J connectivity index is 1.73. The first-order valence-electron chi connectivity index (χ1n) is 7.09. The minimum absolute atomic E-state index is 0.170. The molecule has 4 nitrogen and oxygen atoms in total. The molecule has 1 atom stereocenters. The molecule has 6 heteroatoms. The molecule has 0 aromatic heterocycles. The summed E-state index contributed by atoms with van der Waals surface area (Å²) in [6, 6.07) is 15.0. The lowest BCUT2D eigenvalue weighted by Gasteiger charge is -2.15. The van der Waals surface area contributed by atoms with Gasteiger partial charge in [0.1, 0.15) is 19.0 Å². The molecule has 1 N–H and O–H groups in total. The van der Waals surface area contributed by atoms with Crippen molar-refractivity contribution in [3.8, 4) is 5.75 Å². The molecule has 2 aromatic carbocycles. The molecule has 2 rings (SSSR count). The highest BCUT2D eigenvalue weighted by molar-refractivity contribution is 9.11. The van der Waals surface area contributed by atoms with E-state index in [0.717, 1.165) is 20.3 Å². The van der Waals surface area contributed by atoms with E-state index in [9.17, 15) is 4.79 Å². The van der Waals surface area contributed by atoms with Crippen LogP contribution in [-0.4, -0.2) is 18.7 Å². The van der Waals surface area contributed by atoms with Crippen LogP contribution in [0.1, 0.15) is 12.5 Å². The predicted molar refractivity (Wildman–Crippen MR) is 96.6 cm³/mol. The quantitative estimate of drug-likeness (QED) is 0.691. The van der Waals surface area contributed by atoms with E-state index in [4.69, 9.17) is 9.47 Å². The average Bonchev–Trinajstić information content (AvgIpc) is 2.51. The Kier molecular flexibility index (Phi) is 6.92. The Bertz CT molecular complexity index is 629. The zero-order valence-corrected chi connectivity index (χ0v) is 15.8. The van der Waals surface area contributed by atoms with Crippen LogP contribution in [0.3, 0.4) is 0 Å². The molecule has 0 saturated carbocycles. The molecule has 0 saturated heterocycles. The van der Waals surface area contributed by atoms with Crippen LogP contribution in [0.2, 0.25) is 0 Å². The van der Waals surface area contributed by atoms with Gasteiger partial charge in [0.25, 0.3) is 0 Å². The second-order valence-electron chi connectivity index (χ2n) is 5.02. The molecule has 0 bridgehead atoms. The van der Waals surface area contributed by atoms with E-state index in [0.29, 0.717) is 6.61 Å². The van der Waals surface area contributed by atoms with Crippen molar-refractivity contribution >= 4 is 38.0 Å². The predicted octanol–water partition coefficient (Wildman–Crippen LogP) is 4.91. The van der Waals surface area contributed by atoms with Gasteiger partial charge in [-0.05, 0) is 30.7 Å². The van der Waals surface area contributed by atoms with Gasteiger partial charge >= 0.3 is 6.09 Å². The van der Waals surface area contributed by atoms with Crippen molar-refractivity contribution in [2.24, 2.45) is 0 Å². The van der Waals surface area contributed by atoms with E-state index in [2.05, 4.69) is 37.2 Å². The fraction of sp³-hybridized carbons (Fsp3) is 0.235. The average molecular weight is 443 g/mol. The highest BCUT2D eigenvalue weighted by Crippen LogP contribution is 2.24. The second-order valence-corrected chi connectivity index (χ2v) is 6.85. The fourth-order valence-electron chi connectivity index (χ4n) is 1.84. The number of amides is 1. The van der Waals surface area contributed by atoms with Crippen LogP contribution < -0.4 is 10.1 Å². The molecule has 0 spiro atoms. The summed E-state index contributed by atoms with van der Waals surface area (Å²) in [4.78, 5) is 11.7. The van der Waals surface area contributed by atoms with Gasteiger partial charge in [0.05, 0.1) is 6.04 Å². The molecule has 0 aliphatic rings. The van der Waals surface area contributed by atoms with Crippen molar-refractivity contribution in [1.29, 1.82) is 0 Å². The largest absolute Gasteiger partial charge is 0.491 e. The van der Waals surface area contributed by atoms with E-state index in [1.165, 1.54) is 0 Å². The van der Waals surface area contributed by atoms with Crippen LogP contribution in [0.15, 0.2) is 57.5 Å². The molecule has 0 aliphatic carbocycles. The maximum atomic E-state index is 11.7. The number of halogens is 2. The molecule has 0 radical (unpaired) electrons. The lowest BCUT2D eigenvalue weighted by atomic mass is 10.2. The van der Waals surface area contributed by atoms with Gasteiger partial charge in [-0.3, -0.25) is 0 Å². The summed E-state index contributed by atoms with van der Waals surface area (Å²) < 4.78 is 12.7. The first-order chi connectivity index (χ1) is 11.0. The first kappa shape index (κ1) is 17.8. The summed E-state index contributed by atoms with van der Waals surface area (Å²) in [6.45, 7) is 2.46. The van der Waals surface area contributed by atoms with Gasteiger partial charge < -0.3 is 14.8 Å². The molecule has 0 unspecified atom stereocenters. The SMILES string of the molecule is C[C@@H](COc1cc(Br)cc(Br)c1)NC(=O)OCc1ccccc1. The number of carbonyl (C=O) groups is 1. The van der Waals surface area contributed by atoms with E-state index in [1.807, 2.05) is 55.5 Å². The third kappa shape index (κ3) is 6.62. The number of ether oxygens (including phenoxy) is 2. The maximum Gasteiger partial charge on any atom is 0.407 e. The van der Waals surface area contributed by atoms with Crippen molar-refractivity contribution in [1.82, 2.24) is 5.32 Å². The van der Waals surface area contributed by atoms with Crippen LogP contribution in [0.25, 0.3) is 0 Å². The Morgan fingerprint density at radius 3 is 2.43 bits per heavy atom. The molecular weight excluding hydrogens is 426 g/mol. The van der Waals surface area contributed by atoms with E-state index in [-0.39, 0.29) is 12.6 Å². The van der Waals surface area contributed by atoms with Crippen molar-refractivity contribution in [2.45, 2.75) is 19.6 Å². The second kappa shape index (κ2) is 8.93. The van der Waals surface area contributed by atoms with Gasteiger partial charge in [0.15, 0.2) is 0 Å². The molecule has 1 amide bonds. The van der Waals surface area contributed by atoms with Crippen molar-refractivity contribution in [3.63, 3.8) is 0 Å². The normalized spacial score (nSPS) is 11.6. The Morgan fingerprint density at radius 2 is 1.78 bits per heavy atom. The van der Waals surface area contributed by atoms with Crippen molar-refractivity contribution < 1.29 is 14.3 Å². The molecule has 23 heavy (non-hydrogen) atoms. The lowest BCUT2D eigenvalue weighted by molar-refractivity contribution is 0.132. The number of nitrogens with one attached hydrogen (secondary N) is 1. The molecule has 2 aromatic rings. The summed E-state index contributed by atoms with van der Waals surface area (Å²) in [7, 11) is 0. The van der Waals surface area contributed by atoms with Gasteiger partial charge in [-0.15, -0.1) is 0 Å². The van der Waals surface area contributed by atoms with Crippen LogP contribution in [0.4, 0.5) is 4.79 Å². The molecular formula is C17H17Br2NO3. The number of hydrogen-bond acceptors (Lipinski definition) is 3. The van der Waals surface area contributed by atoms with Gasteiger partial charge in [-0.2, -0.15) is 0 Å². The minimum atomic E-state index is -0.458. The maximum absolute atomic E-state index is 11.7. The zero-order valence-electron chi connectivity index (χ0n) is 12.6. The zero-order chi connectivity index (χ0) is 16.7. The van der Waals surface area contributed by atoms with Gasteiger partial charge in [-0.25, -0.2) is 4.79 Å². The Morgan fingerprint density at radius 1 is 1.13 bits per heavy atom. The van der Waals surface area contributed by atoms with Gasteiger partial charge in [0, 0.05) is 8.95 Å². The number of benzene rings is 2. The fourth-order valence-corrected chi connectivity index (χ4v) is 3.09. The summed E-state index contributed by atoms with van der Waals surface area (Å²) in [6.07, 6.45) is -0.458. The van der Waals surface area contributed by atoms with Crippen molar-refractivity contribution in [3.05, 3.63) is 63.0 Å². The lowest BCUT2D eigenvalue weighted by Crippen LogP contribution is -2.37. The minimum Gasteiger partial charge on any atom is -0.491 e. The highest BCUT2D eigenvalue weighted by atomic mass is 79.9. The van der Waals surface area contributed by atoms with Crippen LogP contribution in [0, 0.1) is 0 Å². The van der Waals surface area contributed by atoms with E-state index in [1.54, 1.807) is 0 Å². The highest BCUT2D eigenvalue weighted by Gasteiger charge is 2.09. The van der Waals surface area contributed by atoms with Crippen LogP contribution in [-0.2, 0) is 11.3 Å². The smallest absolute Gasteiger partial charge is 0.407 e. The Hall–Kier alpha value is -1.53. The number of rotatable bonds is 6. The topological polar surface area (TPSA) is 47.6 Å². The first-order valence-corrected chi connectivity index (χ1v) is 8.67.